The first-order chi connectivity index (χ1) is 10.2. The van der Waals surface area contributed by atoms with E-state index in [4.69, 9.17) is 0 Å². The van der Waals surface area contributed by atoms with Gasteiger partial charge in [-0.3, -0.25) is 15.0 Å². The second kappa shape index (κ2) is 6.01. The molecule has 1 atom stereocenters. The lowest BCUT2D eigenvalue weighted by molar-refractivity contribution is -0.120. The molecule has 2 N–H and O–H groups in total. The van der Waals surface area contributed by atoms with E-state index in [9.17, 15) is 9.18 Å². The van der Waals surface area contributed by atoms with Gasteiger partial charge in [0.1, 0.15) is 12.1 Å². The van der Waals surface area contributed by atoms with Crippen LogP contribution in [-0.2, 0) is 11.3 Å². The van der Waals surface area contributed by atoms with E-state index in [1.54, 1.807) is 12.1 Å². The van der Waals surface area contributed by atoms with Crippen LogP contribution in [0.2, 0.25) is 0 Å². The number of aromatic amines is 1. The molecule has 0 saturated carbocycles. The number of rotatable bonds is 4. The van der Waals surface area contributed by atoms with Crippen molar-refractivity contribution < 1.29 is 9.18 Å². The van der Waals surface area contributed by atoms with Crippen molar-refractivity contribution >= 4 is 11.9 Å². The van der Waals surface area contributed by atoms with Gasteiger partial charge in [0.2, 0.25) is 11.9 Å². The summed E-state index contributed by atoms with van der Waals surface area (Å²) in [7, 11) is 0. The third-order valence-corrected chi connectivity index (χ3v) is 3.62. The quantitative estimate of drug-likeness (QED) is 0.895. The molecule has 1 fully saturated rings. The van der Waals surface area contributed by atoms with Crippen LogP contribution in [0.15, 0.2) is 30.6 Å². The molecule has 1 saturated heterocycles. The van der Waals surface area contributed by atoms with Gasteiger partial charge in [-0.25, -0.2) is 9.49 Å². The molecule has 0 aliphatic carbocycles. The highest BCUT2D eigenvalue weighted by Crippen LogP contribution is 2.21. The van der Waals surface area contributed by atoms with Crippen LogP contribution in [-0.4, -0.2) is 38.6 Å². The topological polar surface area (TPSA) is 73.9 Å². The van der Waals surface area contributed by atoms with Crippen molar-refractivity contribution in [2.45, 2.75) is 25.4 Å². The summed E-state index contributed by atoms with van der Waals surface area (Å²) in [6, 6.07) is 6.18. The van der Waals surface area contributed by atoms with Crippen molar-refractivity contribution in [3.05, 3.63) is 42.0 Å². The van der Waals surface area contributed by atoms with E-state index in [1.807, 2.05) is 0 Å². The molecule has 1 unspecified atom stereocenters. The number of halogens is 1. The predicted molar refractivity (Wildman–Crippen MR) is 74.8 cm³/mol. The van der Waals surface area contributed by atoms with E-state index in [0.717, 1.165) is 24.9 Å². The normalized spacial score (nSPS) is 18.8. The van der Waals surface area contributed by atoms with Crippen LogP contribution in [0.25, 0.3) is 0 Å². The molecule has 1 aromatic heterocycles. The Balaban J connectivity index is 1.64. The number of amides is 1. The second-order valence-corrected chi connectivity index (χ2v) is 5.08. The van der Waals surface area contributed by atoms with Gasteiger partial charge in [0.15, 0.2) is 0 Å². The monoisotopic (exact) mass is 289 g/mol. The van der Waals surface area contributed by atoms with Crippen molar-refractivity contribution in [3.8, 4) is 0 Å². The first-order valence-electron chi connectivity index (χ1n) is 6.87. The largest absolute Gasteiger partial charge is 0.294 e. The Hall–Kier alpha value is -2.28. The lowest BCUT2D eigenvalue weighted by Crippen LogP contribution is -2.39. The Labute approximate surface area is 121 Å². The van der Waals surface area contributed by atoms with Gasteiger partial charge in [0, 0.05) is 6.54 Å². The number of anilines is 1. The minimum atomic E-state index is -0.250. The molecule has 1 aromatic carbocycles. The lowest BCUT2D eigenvalue weighted by Gasteiger charge is -2.23. The van der Waals surface area contributed by atoms with Crippen LogP contribution in [0.1, 0.15) is 18.4 Å². The van der Waals surface area contributed by atoms with Crippen LogP contribution in [0, 0.1) is 5.82 Å². The fourth-order valence-electron chi connectivity index (χ4n) is 2.60. The van der Waals surface area contributed by atoms with Crippen LogP contribution >= 0.6 is 0 Å². The zero-order valence-corrected chi connectivity index (χ0v) is 11.4. The van der Waals surface area contributed by atoms with Gasteiger partial charge in [0.05, 0.1) is 6.04 Å². The average molecular weight is 289 g/mol. The molecule has 2 heterocycles. The highest BCUT2D eigenvalue weighted by molar-refractivity contribution is 5.93. The molecule has 1 aliphatic rings. The summed E-state index contributed by atoms with van der Waals surface area (Å²) in [6.45, 7) is 1.49. The van der Waals surface area contributed by atoms with Crippen molar-refractivity contribution in [1.29, 1.82) is 0 Å². The maximum atomic E-state index is 12.9. The van der Waals surface area contributed by atoms with E-state index < -0.39 is 0 Å². The number of H-pyrrole nitrogens is 1. The fraction of sp³-hybridized carbons (Fsp3) is 0.357. The molecule has 110 valence electrons. The molecule has 0 bridgehead atoms. The van der Waals surface area contributed by atoms with Crippen molar-refractivity contribution in [2.75, 3.05) is 11.9 Å². The Bertz CT molecular complexity index is 598. The van der Waals surface area contributed by atoms with Crippen molar-refractivity contribution in [3.63, 3.8) is 0 Å². The van der Waals surface area contributed by atoms with Gasteiger partial charge in [-0.15, -0.1) is 0 Å². The van der Waals surface area contributed by atoms with E-state index in [0.29, 0.717) is 12.5 Å². The second-order valence-electron chi connectivity index (χ2n) is 5.08. The number of nitrogens with one attached hydrogen (secondary N) is 2. The maximum absolute atomic E-state index is 12.9. The van der Waals surface area contributed by atoms with E-state index >= 15 is 0 Å². The number of hydrogen-bond donors (Lipinski definition) is 2. The summed E-state index contributed by atoms with van der Waals surface area (Å²) >= 11 is 0. The van der Waals surface area contributed by atoms with Crippen LogP contribution in [0.4, 0.5) is 10.3 Å². The molecule has 2 aromatic rings. The minimum Gasteiger partial charge on any atom is -0.294 e. The highest BCUT2D eigenvalue weighted by atomic mass is 19.1. The Kier molecular flexibility index (Phi) is 3.92. The third-order valence-electron chi connectivity index (χ3n) is 3.62. The number of aromatic nitrogens is 3. The number of benzene rings is 1. The summed E-state index contributed by atoms with van der Waals surface area (Å²) < 4.78 is 12.9. The fourth-order valence-corrected chi connectivity index (χ4v) is 2.60. The Morgan fingerprint density at radius 1 is 1.43 bits per heavy atom. The minimum absolute atomic E-state index is 0.0913. The molecular weight excluding hydrogens is 273 g/mol. The summed E-state index contributed by atoms with van der Waals surface area (Å²) in [5, 5.41) is 9.02. The molecule has 7 heteroatoms. The molecule has 6 nitrogen and oxygen atoms in total. The predicted octanol–water partition coefficient (Wildman–Crippen LogP) is 1.55. The first-order valence-corrected chi connectivity index (χ1v) is 6.87. The lowest BCUT2D eigenvalue weighted by atomic mass is 10.1. The Morgan fingerprint density at radius 2 is 2.24 bits per heavy atom. The summed E-state index contributed by atoms with van der Waals surface area (Å²) in [5.74, 6) is 0.0137. The van der Waals surface area contributed by atoms with Gasteiger partial charge in [-0.05, 0) is 37.1 Å². The number of nitrogens with zero attached hydrogens (tertiary/aromatic N) is 3. The molecule has 3 rings (SSSR count). The van der Waals surface area contributed by atoms with Gasteiger partial charge >= 0.3 is 0 Å². The standard InChI is InChI=1S/C14H16FN5O/c15-11-5-3-10(4-6-11)8-20-7-1-2-12(20)13(21)18-14-16-9-17-19-14/h3-6,9,12H,1-2,7-8H2,(H2,16,17,18,19,21). The molecule has 1 aliphatic heterocycles. The van der Waals surface area contributed by atoms with Crippen molar-refractivity contribution in [2.24, 2.45) is 0 Å². The summed E-state index contributed by atoms with van der Waals surface area (Å²) in [4.78, 5) is 18.3. The molecular formula is C14H16FN5O. The smallest absolute Gasteiger partial charge is 0.244 e. The molecule has 0 radical (unpaired) electrons. The first kappa shape index (κ1) is 13.7. The van der Waals surface area contributed by atoms with Crippen LogP contribution < -0.4 is 5.32 Å². The zero-order chi connectivity index (χ0) is 14.7. The van der Waals surface area contributed by atoms with Crippen molar-refractivity contribution in [1.82, 2.24) is 20.1 Å². The van der Waals surface area contributed by atoms with E-state index in [2.05, 4.69) is 25.4 Å². The molecule has 1 amide bonds. The molecule has 21 heavy (non-hydrogen) atoms. The maximum Gasteiger partial charge on any atom is 0.244 e. The van der Waals surface area contributed by atoms with Crippen LogP contribution in [0.5, 0.6) is 0 Å². The van der Waals surface area contributed by atoms with Gasteiger partial charge in [0.25, 0.3) is 0 Å². The Morgan fingerprint density at radius 3 is 2.95 bits per heavy atom. The highest BCUT2D eigenvalue weighted by Gasteiger charge is 2.30. The van der Waals surface area contributed by atoms with Gasteiger partial charge < -0.3 is 0 Å². The van der Waals surface area contributed by atoms with Crippen LogP contribution in [0.3, 0.4) is 0 Å². The van der Waals surface area contributed by atoms with Gasteiger partial charge in [-0.2, -0.15) is 10.1 Å². The number of carbonyl (C=O) groups excluding carboxylic acids is 1. The number of carbonyl (C=O) groups is 1. The average Bonchev–Trinajstić information content (AvgIpc) is 3.13. The number of hydrogen-bond acceptors (Lipinski definition) is 4. The third kappa shape index (κ3) is 3.25. The summed E-state index contributed by atoms with van der Waals surface area (Å²) in [6.07, 6.45) is 3.12. The summed E-state index contributed by atoms with van der Waals surface area (Å²) in [5.41, 5.74) is 0.996. The SMILES string of the molecule is O=C(Nc1ncn[nH]1)C1CCCN1Cc1ccc(F)cc1. The zero-order valence-electron chi connectivity index (χ0n) is 11.4. The molecule has 0 spiro atoms. The van der Waals surface area contributed by atoms with E-state index in [1.165, 1.54) is 18.5 Å². The van der Waals surface area contributed by atoms with E-state index in [-0.39, 0.29) is 17.8 Å². The van der Waals surface area contributed by atoms with Gasteiger partial charge in [-0.1, -0.05) is 12.1 Å². The number of likely N-dealkylation sites (tertiary alicyclic amines) is 1.